The van der Waals surface area contributed by atoms with E-state index in [1.54, 1.807) is 11.8 Å². The summed E-state index contributed by atoms with van der Waals surface area (Å²) in [4.78, 5) is 25.0. The molecule has 4 nitrogen and oxygen atoms in total. The van der Waals surface area contributed by atoms with Gasteiger partial charge in [-0.25, -0.2) is 4.79 Å². The zero-order chi connectivity index (χ0) is 12.3. The van der Waals surface area contributed by atoms with Gasteiger partial charge in [-0.2, -0.15) is 0 Å². The second kappa shape index (κ2) is 5.23. The van der Waals surface area contributed by atoms with E-state index in [-0.39, 0.29) is 18.5 Å². The number of imide groups is 1. The molecule has 1 aromatic rings. The van der Waals surface area contributed by atoms with Crippen LogP contribution in [0.2, 0.25) is 0 Å². The first-order chi connectivity index (χ1) is 8.16. The Labute approximate surface area is 104 Å². The van der Waals surface area contributed by atoms with Crippen LogP contribution in [0.15, 0.2) is 29.2 Å². The minimum Gasteiger partial charge on any atom is -0.329 e. The van der Waals surface area contributed by atoms with Gasteiger partial charge in [0.15, 0.2) is 0 Å². The zero-order valence-corrected chi connectivity index (χ0v) is 10.4. The van der Waals surface area contributed by atoms with Crippen LogP contribution in [0.3, 0.4) is 0 Å². The standard InChI is InChI=1S/C12H14N2O2S/c1-9-2-4-10(5-3-9)17-7-6-14-11(15)8-13-12(14)16/h2-5H,6-8H2,1H3,(H,13,16). The van der Waals surface area contributed by atoms with Gasteiger partial charge in [-0.1, -0.05) is 17.7 Å². The first-order valence-electron chi connectivity index (χ1n) is 5.44. The Bertz CT molecular complexity index is 415. The fourth-order valence-electron chi connectivity index (χ4n) is 1.57. The third kappa shape index (κ3) is 3.00. The van der Waals surface area contributed by atoms with Crippen LogP contribution in [0.25, 0.3) is 0 Å². The summed E-state index contributed by atoms with van der Waals surface area (Å²) in [5, 5.41) is 2.50. The maximum atomic E-state index is 11.3. The molecule has 0 unspecified atom stereocenters. The van der Waals surface area contributed by atoms with Crippen LogP contribution in [-0.2, 0) is 4.79 Å². The van der Waals surface area contributed by atoms with Crippen molar-refractivity contribution < 1.29 is 9.59 Å². The highest BCUT2D eigenvalue weighted by Gasteiger charge is 2.27. The Morgan fingerprint density at radius 1 is 1.29 bits per heavy atom. The van der Waals surface area contributed by atoms with E-state index in [1.807, 2.05) is 19.1 Å². The predicted molar refractivity (Wildman–Crippen MR) is 67.0 cm³/mol. The number of nitrogens with one attached hydrogen (secondary N) is 1. The summed E-state index contributed by atoms with van der Waals surface area (Å²) in [7, 11) is 0. The normalized spacial score (nSPS) is 15.2. The molecule has 17 heavy (non-hydrogen) atoms. The van der Waals surface area contributed by atoms with Crippen molar-refractivity contribution in [2.45, 2.75) is 11.8 Å². The van der Waals surface area contributed by atoms with Gasteiger partial charge < -0.3 is 5.32 Å². The second-order valence-electron chi connectivity index (χ2n) is 3.87. The minimum absolute atomic E-state index is 0.133. The largest absolute Gasteiger partial charge is 0.329 e. The second-order valence-corrected chi connectivity index (χ2v) is 5.03. The maximum Gasteiger partial charge on any atom is 0.324 e. The first-order valence-corrected chi connectivity index (χ1v) is 6.43. The molecule has 2 rings (SSSR count). The maximum absolute atomic E-state index is 11.3. The van der Waals surface area contributed by atoms with Gasteiger partial charge in [0.05, 0.1) is 6.54 Å². The van der Waals surface area contributed by atoms with Crippen molar-refractivity contribution in [3.8, 4) is 0 Å². The molecule has 0 atom stereocenters. The summed E-state index contributed by atoms with van der Waals surface area (Å²) in [6, 6.07) is 7.92. The fraction of sp³-hybridized carbons (Fsp3) is 0.333. The third-order valence-electron chi connectivity index (χ3n) is 2.54. The Morgan fingerprint density at radius 3 is 2.59 bits per heavy atom. The molecule has 0 bridgehead atoms. The number of hydrogen-bond acceptors (Lipinski definition) is 3. The SMILES string of the molecule is Cc1ccc(SCCN2C(=O)CNC2=O)cc1. The highest BCUT2D eigenvalue weighted by Crippen LogP contribution is 2.18. The van der Waals surface area contributed by atoms with Crippen molar-refractivity contribution in [1.82, 2.24) is 10.2 Å². The number of carbonyl (C=O) groups excluding carboxylic acids is 2. The van der Waals surface area contributed by atoms with Crippen molar-refractivity contribution >= 4 is 23.7 Å². The number of rotatable bonds is 4. The summed E-state index contributed by atoms with van der Waals surface area (Å²) in [6.45, 7) is 2.64. The van der Waals surface area contributed by atoms with Crippen LogP contribution in [0.1, 0.15) is 5.56 Å². The molecule has 1 heterocycles. The molecule has 1 fully saturated rings. The minimum atomic E-state index is -0.278. The molecular formula is C12H14N2O2S. The van der Waals surface area contributed by atoms with Crippen LogP contribution < -0.4 is 5.32 Å². The van der Waals surface area contributed by atoms with Gasteiger partial charge in [0.1, 0.15) is 0 Å². The van der Waals surface area contributed by atoms with Crippen molar-refractivity contribution in [2.75, 3.05) is 18.8 Å². The molecule has 1 aliphatic rings. The fourth-order valence-corrected chi connectivity index (χ4v) is 2.41. The van der Waals surface area contributed by atoms with Gasteiger partial charge in [0.25, 0.3) is 0 Å². The van der Waals surface area contributed by atoms with E-state index in [0.29, 0.717) is 6.54 Å². The Balaban J connectivity index is 1.81. The smallest absolute Gasteiger partial charge is 0.324 e. The molecule has 1 aliphatic heterocycles. The molecule has 1 aromatic carbocycles. The molecule has 1 saturated heterocycles. The van der Waals surface area contributed by atoms with Crippen molar-refractivity contribution in [3.05, 3.63) is 29.8 Å². The van der Waals surface area contributed by atoms with Crippen molar-refractivity contribution in [3.63, 3.8) is 0 Å². The number of urea groups is 1. The van der Waals surface area contributed by atoms with Crippen LogP contribution in [-0.4, -0.2) is 35.7 Å². The molecular weight excluding hydrogens is 236 g/mol. The lowest BCUT2D eigenvalue weighted by molar-refractivity contribution is -0.124. The number of nitrogens with zero attached hydrogens (tertiary/aromatic N) is 1. The monoisotopic (exact) mass is 250 g/mol. The molecule has 0 aromatic heterocycles. The summed E-state index contributed by atoms with van der Waals surface area (Å²) >= 11 is 1.65. The molecule has 90 valence electrons. The van der Waals surface area contributed by atoms with Gasteiger partial charge in [-0.3, -0.25) is 9.69 Å². The number of amides is 3. The highest BCUT2D eigenvalue weighted by molar-refractivity contribution is 7.99. The van der Waals surface area contributed by atoms with E-state index in [4.69, 9.17) is 0 Å². The molecule has 0 saturated carbocycles. The lowest BCUT2D eigenvalue weighted by Gasteiger charge is -2.11. The van der Waals surface area contributed by atoms with E-state index in [2.05, 4.69) is 17.4 Å². The van der Waals surface area contributed by atoms with E-state index < -0.39 is 0 Å². The van der Waals surface area contributed by atoms with E-state index in [1.165, 1.54) is 10.5 Å². The predicted octanol–water partition coefficient (Wildman–Crippen LogP) is 1.64. The Morgan fingerprint density at radius 2 is 2.00 bits per heavy atom. The van der Waals surface area contributed by atoms with Gasteiger partial charge in [0, 0.05) is 17.2 Å². The summed E-state index contributed by atoms with van der Waals surface area (Å²) in [5.41, 5.74) is 1.23. The van der Waals surface area contributed by atoms with E-state index >= 15 is 0 Å². The lowest BCUT2D eigenvalue weighted by Crippen LogP contribution is -2.32. The molecule has 5 heteroatoms. The first kappa shape index (κ1) is 12.0. The van der Waals surface area contributed by atoms with Crippen LogP contribution in [0.5, 0.6) is 0 Å². The van der Waals surface area contributed by atoms with Crippen LogP contribution in [0, 0.1) is 6.92 Å². The number of carbonyl (C=O) groups is 2. The van der Waals surface area contributed by atoms with E-state index in [9.17, 15) is 9.59 Å². The van der Waals surface area contributed by atoms with Gasteiger partial charge in [0.2, 0.25) is 5.91 Å². The summed E-state index contributed by atoms with van der Waals surface area (Å²) < 4.78 is 0. The van der Waals surface area contributed by atoms with Crippen LogP contribution >= 0.6 is 11.8 Å². The molecule has 0 radical (unpaired) electrons. The molecule has 0 spiro atoms. The Hall–Kier alpha value is -1.49. The number of hydrogen-bond donors (Lipinski definition) is 1. The number of thioether (sulfide) groups is 1. The summed E-state index contributed by atoms with van der Waals surface area (Å²) in [5.74, 6) is 0.585. The topological polar surface area (TPSA) is 49.4 Å². The number of aryl methyl sites for hydroxylation is 1. The molecule has 1 N–H and O–H groups in total. The van der Waals surface area contributed by atoms with E-state index in [0.717, 1.165) is 10.6 Å². The zero-order valence-electron chi connectivity index (χ0n) is 9.60. The van der Waals surface area contributed by atoms with Crippen molar-refractivity contribution in [1.29, 1.82) is 0 Å². The van der Waals surface area contributed by atoms with Crippen LogP contribution in [0.4, 0.5) is 4.79 Å². The lowest BCUT2D eigenvalue weighted by atomic mass is 10.2. The van der Waals surface area contributed by atoms with Gasteiger partial charge >= 0.3 is 6.03 Å². The third-order valence-corrected chi connectivity index (χ3v) is 3.53. The quantitative estimate of drug-likeness (QED) is 0.653. The Kier molecular flexibility index (Phi) is 3.68. The summed E-state index contributed by atoms with van der Waals surface area (Å²) in [6.07, 6.45) is 0. The average molecular weight is 250 g/mol. The average Bonchev–Trinajstić information content (AvgIpc) is 2.63. The van der Waals surface area contributed by atoms with Crippen molar-refractivity contribution in [2.24, 2.45) is 0 Å². The molecule has 0 aliphatic carbocycles. The highest BCUT2D eigenvalue weighted by atomic mass is 32.2. The number of benzene rings is 1. The van der Waals surface area contributed by atoms with Gasteiger partial charge in [-0.15, -0.1) is 11.8 Å². The van der Waals surface area contributed by atoms with Gasteiger partial charge in [-0.05, 0) is 19.1 Å². The molecule has 3 amide bonds.